The topological polar surface area (TPSA) is 155 Å². The third kappa shape index (κ3) is 7.13. The number of H-pyrrole nitrogens is 1. The molecule has 0 fully saturated rings. The van der Waals surface area contributed by atoms with Crippen LogP contribution in [0.3, 0.4) is 0 Å². The van der Waals surface area contributed by atoms with Crippen molar-refractivity contribution < 1.29 is 23.9 Å². The third-order valence-corrected chi connectivity index (χ3v) is 8.97. The molecule has 0 saturated heterocycles. The van der Waals surface area contributed by atoms with Gasteiger partial charge in [-0.2, -0.15) is 0 Å². The Hall–Kier alpha value is -3.76. The quantitative estimate of drug-likeness (QED) is 0.189. The Kier molecular flexibility index (Phi) is 10.5. The SMILES string of the molecule is CC[C@H](C)[C@H](NC(=O)OCc1ccccc1)C(=O)N[C@]1(C(=O)N[C@H](C(N)=O)C(C)C)Cc2c([nH]c3c(Cl)cccc23)C(Cl)C1. The van der Waals surface area contributed by atoms with Gasteiger partial charge in [0.25, 0.3) is 0 Å². The summed E-state index contributed by atoms with van der Waals surface area (Å²) in [6.07, 6.45) is -0.164. The predicted molar refractivity (Wildman–Crippen MR) is 170 cm³/mol. The van der Waals surface area contributed by atoms with E-state index in [9.17, 15) is 19.2 Å². The minimum atomic E-state index is -1.59. The van der Waals surface area contributed by atoms with Crippen LogP contribution in [-0.2, 0) is 32.1 Å². The largest absolute Gasteiger partial charge is 0.445 e. The van der Waals surface area contributed by atoms with Crippen molar-refractivity contribution in [2.75, 3.05) is 0 Å². The molecule has 0 spiro atoms. The van der Waals surface area contributed by atoms with Crippen molar-refractivity contribution >= 4 is 57.9 Å². The number of nitrogens with two attached hydrogens (primary N) is 1. The minimum absolute atomic E-state index is 0.00116. The van der Waals surface area contributed by atoms with Crippen LogP contribution in [0.2, 0.25) is 5.02 Å². The van der Waals surface area contributed by atoms with Crippen LogP contribution in [-0.4, -0.2) is 46.4 Å². The zero-order valence-electron chi connectivity index (χ0n) is 25.2. The van der Waals surface area contributed by atoms with E-state index in [4.69, 9.17) is 33.7 Å². The lowest BCUT2D eigenvalue weighted by Crippen LogP contribution is -2.67. The highest BCUT2D eigenvalue weighted by molar-refractivity contribution is 6.35. The summed E-state index contributed by atoms with van der Waals surface area (Å²) >= 11 is 13.4. The number of rotatable bonds is 11. The van der Waals surface area contributed by atoms with Crippen LogP contribution >= 0.6 is 23.2 Å². The van der Waals surface area contributed by atoms with Crippen molar-refractivity contribution in [2.45, 2.75) is 76.6 Å². The fourth-order valence-electron chi connectivity index (χ4n) is 5.58. The number of hydrogen-bond donors (Lipinski definition) is 5. The maximum atomic E-state index is 14.2. The molecule has 1 aromatic heterocycles. The molecule has 3 aromatic rings. The van der Waals surface area contributed by atoms with Gasteiger partial charge in [0.1, 0.15) is 24.2 Å². The number of para-hydroxylation sites is 1. The summed E-state index contributed by atoms with van der Waals surface area (Å²) in [5, 5.41) is 8.93. The second-order valence-electron chi connectivity index (χ2n) is 11.8. The predicted octanol–water partition coefficient (Wildman–Crippen LogP) is 4.87. The molecule has 5 atom stereocenters. The maximum absolute atomic E-state index is 14.2. The molecule has 0 saturated carbocycles. The standard InChI is InChI=1S/C32H39Cl2N5O5/c1-5-18(4)25(38-31(43)44-16-19-10-7-6-8-11-19)29(41)39-32(30(42)37-24(17(2)3)28(35)40)14-21-20-12-9-13-22(33)26(20)36-27(21)23(34)15-32/h6-13,17-18,23-25,36H,5,14-16H2,1-4H3,(H2,35,40)(H,37,42)(H,38,43)(H,39,41)/t18-,23?,24-,25-,32+/m0/s1. The number of alkyl halides is 1. The molecule has 4 amide bonds. The maximum Gasteiger partial charge on any atom is 0.408 e. The normalized spacial score (nSPS) is 19.8. The molecule has 0 radical (unpaired) electrons. The van der Waals surface area contributed by atoms with E-state index in [2.05, 4.69) is 20.9 Å². The highest BCUT2D eigenvalue weighted by atomic mass is 35.5. The molecular weight excluding hydrogens is 605 g/mol. The van der Waals surface area contributed by atoms with Crippen LogP contribution in [0.25, 0.3) is 10.9 Å². The minimum Gasteiger partial charge on any atom is -0.445 e. The number of fused-ring (bicyclic) bond motifs is 3. The average molecular weight is 645 g/mol. The van der Waals surface area contributed by atoms with Crippen molar-refractivity contribution in [3.05, 3.63) is 70.4 Å². The van der Waals surface area contributed by atoms with Gasteiger partial charge in [-0.25, -0.2) is 4.79 Å². The van der Waals surface area contributed by atoms with Gasteiger partial charge in [-0.3, -0.25) is 14.4 Å². The molecular formula is C32H39Cl2N5O5. The van der Waals surface area contributed by atoms with E-state index in [1.165, 1.54) is 0 Å². The van der Waals surface area contributed by atoms with Crippen LogP contribution < -0.4 is 21.7 Å². The molecule has 1 heterocycles. The van der Waals surface area contributed by atoms with E-state index < -0.39 is 46.8 Å². The zero-order chi connectivity index (χ0) is 32.2. The number of hydrogen-bond acceptors (Lipinski definition) is 5. The van der Waals surface area contributed by atoms with E-state index in [-0.39, 0.29) is 31.3 Å². The first-order valence-corrected chi connectivity index (χ1v) is 15.5. The fourth-order valence-corrected chi connectivity index (χ4v) is 6.25. The van der Waals surface area contributed by atoms with Gasteiger partial charge in [-0.15, -0.1) is 11.6 Å². The number of halogens is 2. The van der Waals surface area contributed by atoms with Gasteiger partial charge in [-0.05, 0) is 29.0 Å². The number of alkyl carbamates (subject to hydrolysis) is 1. The summed E-state index contributed by atoms with van der Waals surface area (Å²) in [7, 11) is 0. The van der Waals surface area contributed by atoms with E-state index in [1.54, 1.807) is 26.0 Å². The second-order valence-corrected chi connectivity index (χ2v) is 12.7. The lowest BCUT2D eigenvalue weighted by atomic mass is 9.77. The first kappa shape index (κ1) is 33.1. The number of aromatic nitrogens is 1. The summed E-state index contributed by atoms with van der Waals surface area (Å²) in [6.45, 7) is 7.26. The number of primary amides is 1. The van der Waals surface area contributed by atoms with Gasteiger partial charge in [0.15, 0.2) is 0 Å². The van der Waals surface area contributed by atoms with Crippen LogP contribution in [0.15, 0.2) is 48.5 Å². The highest BCUT2D eigenvalue weighted by Crippen LogP contribution is 2.44. The molecule has 1 aliphatic rings. The number of carbonyl (C=O) groups is 4. The number of ether oxygens (including phenoxy) is 1. The number of nitrogens with one attached hydrogen (secondary N) is 4. The molecule has 10 nitrogen and oxygen atoms in total. The lowest BCUT2D eigenvalue weighted by molar-refractivity contribution is -0.137. The molecule has 1 unspecified atom stereocenters. The fraction of sp³-hybridized carbons (Fsp3) is 0.438. The average Bonchev–Trinajstić information content (AvgIpc) is 3.37. The van der Waals surface area contributed by atoms with Gasteiger partial charge in [-0.1, -0.05) is 88.2 Å². The van der Waals surface area contributed by atoms with Gasteiger partial charge in [0.2, 0.25) is 17.7 Å². The van der Waals surface area contributed by atoms with Gasteiger partial charge in [0, 0.05) is 23.9 Å². The third-order valence-electron chi connectivity index (χ3n) is 8.28. The summed E-state index contributed by atoms with van der Waals surface area (Å²) in [4.78, 5) is 56.6. The summed E-state index contributed by atoms with van der Waals surface area (Å²) in [5.41, 5.74) is 6.92. The Morgan fingerprint density at radius 3 is 2.39 bits per heavy atom. The van der Waals surface area contributed by atoms with Crippen molar-refractivity contribution in [2.24, 2.45) is 17.6 Å². The summed E-state index contributed by atoms with van der Waals surface area (Å²) in [5.74, 6) is -2.52. The van der Waals surface area contributed by atoms with Crippen molar-refractivity contribution in [3.8, 4) is 0 Å². The first-order chi connectivity index (χ1) is 20.9. The Labute approximate surface area is 266 Å². The summed E-state index contributed by atoms with van der Waals surface area (Å²) < 4.78 is 5.39. The number of amides is 4. The molecule has 2 aromatic carbocycles. The van der Waals surface area contributed by atoms with Gasteiger partial charge < -0.3 is 31.4 Å². The Bertz CT molecular complexity index is 1530. The smallest absolute Gasteiger partial charge is 0.408 e. The summed E-state index contributed by atoms with van der Waals surface area (Å²) in [6, 6.07) is 12.6. The van der Waals surface area contributed by atoms with Crippen LogP contribution in [0, 0.1) is 11.8 Å². The lowest BCUT2D eigenvalue weighted by Gasteiger charge is -2.40. The number of benzene rings is 2. The Morgan fingerprint density at radius 1 is 1.05 bits per heavy atom. The number of carbonyl (C=O) groups excluding carboxylic acids is 4. The highest BCUT2D eigenvalue weighted by Gasteiger charge is 2.49. The van der Waals surface area contributed by atoms with Crippen LogP contribution in [0.5, 0.6) is 0 Å². The van der Waals surface area contributed by atoms with Gasteiger partial charge >= 0.3 is 6.09 Å². The second kappa shape index (κ2) is 13.9. The first-order valence-electron chi connectivity index (χ1n) is 14.7. The molecule has 0 bridgehead atoms. The monoisotopic (exact) mass is 643 g/mol. The molecule has 0 aliphatic heterocycles. The number of aromatic amines is 1. The van der Waals surface area contributed by atoms with E-state index in [0.717, 1.165) is 16.5 Å². The molecule has 12 heteroatoms. The molecule has 4 rings (SSSR count). The van der Waals surface area contributed by atoms with Crippen LogP contribution in [0.4, 0.5) is 4.79 Å². The van der Waals surface area contributed by atoms with Crippen molar-refractivity contribution in [1.29, 1.82) is 0 Å². The van der Waals surface area contributed by atoms with Crippen LogP contribution in [0.1, 0.15) is 62.7 Å². The van der Waals surface area contributed by atoms with E-state index >= 15 is 0 Å². The molecule has 44 heavy (non-hydrogen) atoms. The molecule has 6 N–H and O–H groups in total. The Morgan fingerprint density at radius 2 is 1.75 bits per heavy atom. The molecule has 236 valence electrons. The Balaban J connectivity index is 1.67. The molecule has 1 aliphatic carbocycles. The van der Waals surface area contributed by atoms with E-state index in [0.29, 0.717) is 22.7 Å². The zero-order valence-corrected chi connectivity index (χ0v) is 26.7. The van der Waals surface area contributed by atoms with Crippen molar-refractivity contribution in [3.63, 3.8) is 0 Å². The van der Waals surface area contributed by atoms with Crippen molar-refractivity contribution in [1.82, 2.24) is 20.9 Å². The van der Waals surface area contributed by atoms with E-state index in [1.807, 2.05) is 50.2 Å². The van der Waals surface area contributed by atoms with Gasteiger partial charge in [0.05, 0.1) is 15.9 Å².